The molecule has 1 rings (SSSR count). The highest BCUT2D eigenvalue weighted by Crippen LogP contribution is 2.17. The summed E-state index contributed by atoms with van der Waals surface area (Å²) >= 11 is 5.92. The highest BCUT2D eigenvalue weighted by molar-refractivity contribution is 6.30. The zero-order valence-corrected chi connectivity index (χ0v) is 11.7. The third-order valence-electron chi connectivity index (χ3n) is 2.79. The number of amides is 1. The lowest BCUT2D eigenvalue weighted by atomic mass is 10.1. The highest BCUT2D eigenvalue weighted by atomic mass is 35.5. The Balaban J connectivity index is 2.40. The van der Waals surface area contributed by atoms with Crippen LogP contribution in [0.5, 0.6) is 0 Å². The molecule has 2 unspecified atom stereocenters. The lowest BCUT2D eigenvalue weighted by molar-refractivity contribution is -0.121. The van der Waals surface area contributed by atoms with Crippen molar-refractivity contribution in [3.05, 3.63) is 34.9 Å². The van der Waals surface area contributed by atoms with Crippen LogP contribution >= 0.6 is 11.6 Å². The van der Waals surface area contributed by atoms with Crippen LogP contribution in [-0.4, -0.2) is 11.9 Å². The van der Waals surface area contributed by atoms with Crippen LogP contribution in [0.1, 0.15) is 44.7 Å². The van der Waals surface area contributed by atoms with Crippen LogP contribution in [-0.2, 0) is 4.79 Å². The van der Waals surface area contributed by atoms with Gasteiger partial charge in [-0.25, -0.2) is 0 Å². The first-order chi connectivity index (χ1) is 8.49. The second kappa shape index (κ2) is 7.39. The Morgan fingerprint density at radius 1 is 1.44 bits per heavy atom. The Kier molecular flexibility index (Phi) is 6.16. The number of halogens is 1. The summed E-state index contributed by atoms with van der Waals surface area (Å²) in [4.78, 5) is 11.7. The van der Waals surface area contributed by atoms with E-state index in [9.17, 15) is 4.79 Å². The topological polar surface area (TPSA) is 55.1 Å². The Morgan fingerprint density at radius 3 is 2.78 bits per heavy atom. The number of hydrogen-bond acceptors (Lipinski definition) is 2. The summed E-state index contributed by atoms with van der Waals surface area (Å²) in [6, 6.07) is 7.67. The molecule has 3 nitrogen and oxygen atoms in total. The van der Waals surface area contributed by atoms with Crippen LogP contribution in [0.2, 0.25) is 5.02 Å². The lowest BCUT2D eigenvalue weighted by Crippen LogP contribution is -2.26. The summed E-state index contributed by atoms with van der Waals surface area (Å²) in [5, 5.41) is 3.64. The first-order valence-electron chi connectivity index (χ1n) is 6.29. The second-order valence-electron chi connectivity index (χ2n) is 4.71. The van der Waals surface area contributed by atoms with E-state index in [0.717, 1.165) is 18.4 Å². The summed E-state index contributed by atoms with van der Waals surface area (Å²) in [7, 11) is 0. The van der Waals surface area contributed by atoms with Crippen molar-refractivity contribution < 1.29 is 4.79 Å². The Bertz CT molecular complexity index is 393. The van der Waals surface area contributed by atoms with Crippen molar-refractivity contribution in [3.8, 4) is 0 Å². The monoisotopic (exact) mass is 268 g/mol. The molecule has 100 valence electrons. The fourth-order valence-corrected chi connectivity index (χ4v) is 1.96. The number of carbonyl (C=O) groups excluding carboxylic acids is 1. The minimum atomic E-state index is -0.0218. The number of hydrogen-bond donors (Lipinski definition) is 2. The third kappa shape index (κ3) is 5.52. The molecule has 0 saturated heterocycles. The van der Waals surface area contributed by atoms with E-state index in [1.54, 1.807) is 0 Å². The van der Waals surface area contributed by atoms with Crippen LogP contribution in [0.15, 0.2) is 24.3 Å². The van der Waals surface area contributed by atoms with E-state index < -0.39 is 0 Å². The molecule has 3 N–H and O–H groups in total. The molecule has 18 heavy (non-hydrogen) atoms. The summed E-state index contributed by atoms with van der Waals surface area (Å²) in [6.45, 7) is 3.90. The maximum absolute atomic E-state index is 11.7. The standard InChI is InChI=1S/C14H21ClN2O/c1-10(16)5-3-8-14(18)17-11(2)12-6-4-7-13(15)9-12/h4,6-7,9-11H,3,5,8,16H2,1-2H3,(H,17,18). The molecule has 0 radical (unpaired) electrons. The maximum atomic E-state index is 11.7. The largest absolute Gasteiger partial charge is 0.350 e. The molecule has 4 heteroatoms. The normalized spacial score (nSPS) is 14.0. The molecule has 0 fully saturated rings. The van der Waals surface area contributed by atoms with E-state index in [-0.39, 0.29) is 18.0 Å². The molecule has 0 saturated carbocycles. The van der Waals surface area contributed by atoms with Crippen molar-refractivity contribution in [2.24, 2.45) is 5.73 Å². The quantitative estimate of drug-likeness (QED) is 0.833. The van der Waals surface area contributed by atoms with Crippen LogP contribution < -0.4 is 11.1 Å². The van der Waals surface area contributed by atoms with Gasteiger partial charge in [0.1, 0.15) is 0 Å². The first kappa shape index (κ1) is 15.0. The van der Waals surface area contributed by atoms with Gasteiger partial charge < -0.3 is 11.1 Å². The average molecular weight is 269 g/mol. The predicted octanol–water partition coefficient (Wildman–Crippen LogP) is 3.03. The van der Waals surface area contributed by atoms with Crippen molar-refractivity contribution in [2.45, 2.75) is 45.2 Å². The summed E-state index contributed by atoms with van der Waals surface area (Å²) in [5.41, 5.74) is 6.66. The molecule has 0 bridgehead atoms. The SMILES string of the molecule is CC(N)CCCC(=O)NC(C)c1cccc(Cl)c1. The van der Waals surface area contributed by atoms with E-state index in [4.69, 9.17) is 17.3 Å². The molecule has 2 atom stereocenters. The first-order valence-corrected chi connectivity index (χ1v) is 6.67. The van der Waals surface area contributed by atoms with Gasteiger partial charge in [-0.2, -0.15) is 0 Å². The van der Waals surface area contributed by atoms with Gasteiger partial charge in [0.2, 0.25) is 5.91 Å². The molecule has 0 aromatic heterocycles. The molecule has 1 amide bonds. The molecule has 0 aliphatic carbocycles. The van der Waals surface area contributed by atoms with Gasteiger partial charge in [0.25, 0.3) is 0 Å². The zero-order chi connectivity index (χ0) is 13.5. The van der Waals surface area contributed by atoms with Crippen molar-refractivity contribution in [3.63, 3.8) is 0 Å². The van der Waals surface area contributed by atoms with Gasteiger partial charge in [0, 0.05) is 17.5 Å². The van der Waals surface area contributed by atoms with Gasteiger partial charge in [-0.05, 0) is 44.4 Å². The Hall–Kier alpha value is -1.06. The molecular formula is C14H21ClN2O. The van der Waals surface area contributed by atoms with Crippen molar-refractivity contribution in [2.75, 3.05) is 0 Å². The molecule has 0 aliphatic heterocycles. The molecule has 0 spiro atoms. The molecule has 0 heterocycles. The van der Waals surface area contributed by atoms with E-state index in [0.29, 0.717) is 11.4 Å². The number of benzene rings is 1. The lowest BCUT2D eigenvalue weighted by Gasteiger charge is -2.14. The minimum absolute atomic E-state index is 0.0218. The maximum Gasteiger partial charge on any atom is 0.220 e. The number of rotatable bonds is 6. The molecule has 1 aromatic carbocycles. The number of nitrogens with one attached hydrogen (secondary N) is 1. The van der Waals surface area contributed by atoms with Crippen LogP contribution in [0.25, 0.3) is 0 Å². The fraction of sp³-hybridized carbons (Fsp3) is 0.500. The van der Waals surface area contributed by atoms with Gasteiger partial charge >= 0.3 is 0 Å². The van der Waals surface area contributed by atoms with E-state index in [2.05, 4.69) is 5.32 Å². The van der Waals surface area contributed by atoms with Crippen LogP contribution in [0.4, 0.5) is 0 Å². The summed E-state index contributed by atoms with van der Waals surface area (Å²) in [6.07, 6.45) is 2.22. The van der Waals surface area contributed by atoms with Crippen LogP contribution in [0, 0.1) is 0 Å². The summed E-state index contributed by atoms with van der Waals surface area (Å²) < 4.78 is 0. The molecule has 1 aromatic rings. The zero-order valence-electron chi connectivity index (χ0n) is 10.9. The van der Waals surface area contributed by atoms with Gasteiger partial charge in [0.05, 0.1) is 6.04 Å². The van der Waals surface area contributed by atoms with E-state index >= 15 is 0 Å². The van der Waals surface area contributed by atoms with Gasteiger partial charge in [-0.15, -0.1) is 0 Å². The Labute approximate surface area is 114 Å². The highest BCUT2D eigenvalue weighted by Gasteiger charge is 2.09. The fourth-order valence-electron chi connectivity index (χ4n) is 1.76. The van der Waals surface area contributed by atoms with Gasteiger partial charge in [-0.1, -0.05) is 23.7 Å². The van der Waals surface area contributed by atoms with E-state index in [1.807, 2.05) is 38.1 Å². The number of nitrogens with two attached hydrogens (primary N) is 1. The number of carbonyl (C=O) groups is 1. The average Bonchev–Trinajstić information content (AvgIpc) is 2.28. The summed E-state index contributed by atoms with van der Waals surface area (Å²) in [5.74, 6) is 0.0584. The minimum Gasteiger partial charge on any atom is -0.350 e. The van der Waals surface area contributed by atoms with Crippen molar-refractivity contribution >= 4 is 17.5 Å². The smallest absolute Gasteiger partial charge is 0.220 e. The predicted molar refractivity (Wildman–Crippen MR) is 75.5 cm³/mol. The third-order valence-corrected chi connectivity index (χ3v) is 3.02. The van der Waals surface area contributed by atoms with Crippen molar-refractivity contribution in [1.29, 1.82) is 0 Å². The molecular weight excluding hydrogens is 248 g/mol. The second-order valence-corrected chi connectivity index (χ2v) is 5.15. The van der Waals surface area contributed by atoms with Crippen LogP contribution in [0.3, 0.4) is 0 Å². The Morgan fingerprint density at radius 2 is 2.17 bits per heavy atom. The molecule has 0 aliphatic rings. The van der Waals surface area contributed by atoms with Crippen molar-refractivity contribution in [1.82, 2.24) is 5.32 Å². The van der Waals surface area contributed by atoms with Gasteiger partial charge in [0.15, 0.2) is 0 Å². The van der Waals surface area contributed by atoms with Gasteiger partial charge in [-0.3, -0.25) is 4.79 Å². The van der Waals surface area contributed by atoms with E-state index in [1.165, 1.54) is 0 Å².